The van der Waals surface area contributed by atoms with Gasteiger partial charge in [-0.25, -0.2) is 4.79 Å². The van der Waals surface area contributed by atoms with Crippen LogP contribution in [0.15, 0.2) is 22.3 Å². The monoisotopic (exact) mass is 358 g/mol. The zero-order chi connectivity index (χ0) is 19.0. The van der Waals surface area contributed by atoms with Crippen molar-refractivity contribution < 1.29 is 9.53 Å². The number of rotatable bonds is 4. The van der Waals surface area contributed by atoms with Gasteiger partial charge in [-0.3, -0.25) is 14.5 Å². The number of nitrogens with one attached hydrogen (secondary N) is 2. The number of H-pyrrole nitrogens is 1. The minimum atomic E-state index is -0.637. The number of allylic oxidation sites excluding steroid dienone is 1. The standard InChI is InChI=1S/C17H22N6O3/c1-5-23-7-10(8(3)22-23)12-11(16(25)26-6-2)9(4)19-14-13(12)15(24)21-17(18)20-14/h7,12H,5-6H2,1-4H3,(H4,18,19,20,21,24). The van der Waals surface area contributed by atoms with Crippen molar-refractivity contribution in [3.05, 3.63) is 44.6 Å². The number of anilines is 2. The summed E-state index contributed by atoms with van der Waals surface area (Å²) in [6, 6.07) is 0. The van der Waals surface area contributed by atoms with Crippen LogP contribution in [0.4, 0.5) is 11.8 Å². The van der Waals surface area contributed by atoms with Gasteiger partial charge in [0.15, 0.2) is 0 Å². The lowest BCUT2D eigenvalue weighted by atomic mass is 9.82. The first-order valence-electron chi connectivity index (χ1n) is 8.45. The topological polar surface area (TPSA) is 128 Å². The fourth-order valence-corrected chi connectivity index (χ4v) is 3.24. The van der Waals surface area contributed by atoms with E-state index in [4.69, 9.17) is 10.5 Å². The van der Waals surface area contributed by atoms with Gasteiger partial charge in [-0.2, -0.15) is 10.1 Å². The van der Waals surface area contributed by atoms with E-state index in [0.717, 1.165) is 11.3 Å². The van der Waals surface area contributed by atoms with E-state index in [2.05, 4.69) is 20.4 Å². The number of carbonyl (C=O) groups excluding carboxylic acids is 1. The van der Waals surface area contributed by atoms with Crippen LogP contribution >= 0.6 is 0 Å². The van der Waals surface area contributed by atoms with Gasteiger partial charge < -0.3 is 15.8 Å². The molecule has 0 saturated heterocycles. The minimum Gasteiger partial charge on any atom is -0.463 e. The summed E-state index contributed by atoms with van der Waals surface area (Å²) in [4.78, 5) is 32.0. The normalized spacial score (nSPS) is 16.2. The van der Waals surface area contributed by atoms with Crippen molar-refractivity contribution in [3.63, 3.8) is 0 Å². The van der Waals surface area contributed by atoms with Crippen LogP contribution < -0.4 is 16.6 Å². The van der Waals surface area contributed by atoms with Gasteiger partial charge in [-0.05, 0) is 27.7 Å². The van der Waals surface area contributed by atoms with Gasteiger partial charge in [0, 0.05) is 24.0 Å². The maximum atomic E-state index is 12.7. The molecule has 1 atom stereocenters. The molecule has 0 aromatic carbocycles. The summed E-state index contributed by atoms with van der Waals surface area (Å²) in [7, 11) is 0. The fraction of sp³-hybridized carbons (Fsp3) is 0.412. The molecule has 0 aliphatic carbocycles. The molecule has 0 radical (unpaired) electrons. The third kappa shape index (κ3) is 2.85. The summed E-state index contributed by atoms with van der Waals surface area (Å²) >= 11 is 0. The van der Waals surface area contributed by atoms with Gasteiger partial charge in [-0.15, -0.1) is 0 Å². The van der Waals surface area contributed by atoms with Gasteiger partial charge in [0.1, 0.15) is 5.82 Å². The number of hydrogen-bond donors (Lipinski definition) is 3. The van der Waals surface area contributed by atoms with E-state index in [-0.39, 0.29) is 12.6 Å². The van der Waals surface area contributed by atoms with Crippen LogP contribution in [0.25, 0.3) is 0 Å². The molecule has 26 heavy (non-hydrogen) atoms. The van der Waals surface area contributed by atoms with Gasteiger partial charge in [0.25, 0.3) is 5.56 Å². The Balaban J connectivity index is 2.29. The largest absolute Gasteiger partial charge is 0.463 e. The first-order valence-corrected chi connectivity index (χ1v) is 8.45. The quantitative estimate of drug-likeness (QED) is 0.702. The highest BCUT2D eigenvalue weighted by Crippen LogP contribution is 2.40. The molecule has 9 heteroatoms. The average Bonchev–Trinajstić information content (AvgIpc) is 2.94. The average molecular weight is 358 g/mol. The Labute approximate surface area is 150 Å². The molecule has 4 N–H and O–H groups in total. The molecule has 2 aromatic rings. The second-order valence-corrected chi connectivity index (χ2v) is 6.06. The maximum absolute atomic E-state index is 12.7. The number of aromatic amines is 1. The molecule has 3 rings (SSSR count). The van der Waals surface area contributed by atoms with E-state index < -0.39 is 17.4 Å². The van der Waals surface area contributed by atoms with E-state index in [9.17, 15) is 9.59 Å². The smallest absolute Gasteiger partial charge is 0.336 e. The minimum absolute atomic E-state index is 0.00774. The Bertz CT molecular complexity index is 956. The molecule has 0 fully saturated rings. The van der Waals surface area contributed by atoms with Crippen molar-refractivity contribution in [3.8, 4) is 0 Å². The third-order valence-corrected chi connectivity index (χ3v) is 4.38. The van der Waals surface area contributed by atoms with Crippen LogP contribution in [0.2, 0.25) is 0 Å². The maximum Gasteiger partial charge on any atom is 0.336 e. The summed E-state index contributed by atoms with van der Waals surface area (Å²) in [5, 5.41) is 7.46. The van der Waals surface area contributed by atoms with Crippen molar-refractivity contribution in [2.24, 2.45) is 0 Å². The molecular weight excluding hydrogens is 336 g/mol. The molecule has 0 spiro atoms. The van der Waals surface area contributed by atoms with Crippen molar-refractivity contribution in [1.29, 1.82) is 0 Å². The molecule has 0 amide bonds. The van der Waals surface area contributed by atoms with Gasteiger partial charge in [0.2, 0.25) is 5.95 Å². The Kier molecular flexibility index (Phi) is 4.54. The molecule has 0 saturated carbocycles. The second kappa shape index (κ2) is 6.66. The van der Waals surface area contributed by atoms with Crippen molar-refractivity contribution in [1.82, 2.24) is 19.7 Å². The first-order chi connectivity index (χ1) is 12.4. The number of nitrogens with zero attached hydrogens (tertiary/aromatic N) is 3. The van der Waals surface area contributed by atoms with Gasteiger partial charge >= 0.3 is 5.97 Å². The molecule has 1 unspecified atom stereocenters. The first kappa shape index (κ1) is 17.7. The molecule has 1 aliphatic rings. The number of aromatic nitrogens is 4. The Morgan fingerprint density at radius 3 is 2.73 bits per heavy atom. The van der Waals surface area contributed by atoms with Gasteiger partial charge in [0.05, 0.1) is 29.4 Å². The number of nitrogens with two attached hydrogens (primary N) is 1. The summed E-state index contributed by atoms with van der Waals surface area (Å²) < 4.78 is 7.00. The van der Waals surface area contributed by atoms with Crippen LogP contribution in [0.1, 0.15) is 43.5 Å². The summed E-state index contributed by atoms with van der Waals surface area (Å²) in [5.41, 5.74) is 8.04. The van der Waals surface area contributed by atoms with E-state index in [1.807, 2.05) is 20.0 Å². The van der Waals surface area contributed by atoms with Crippen LogP contribution in [-0.4, -0.2) is 32.3 Å². The SMILES string of the molecule is CCOC(=O)C1=C(C)Nc2nc(N)[nH]c(=O)c2C1c1cn(CC)nc1C. The molecular formula is C17H22N6O3. The number of ether oxygens (including phenoxy) is 1. The van der Waals surface area contributed by atoms with E-state index in [0.29, 0.717) is 29.2 Å². The van der Waals surface area contributed by atoms with Crippen molar-refractivity contribution in [2.75, 3.05) is 17.7 Å². The van der Waals surface area contributed by atoms with Crippen molar-refractivity contribution >= 4 is 17.7 Å². The molecule has 1 aliphatic heterocycles. The van der Waals surface area contributed by atoms with Crippen LogP contribution in [0, 0.1) is 6.92 Å². The predicted octanol–water partition coefficient (Wildman–Crippen LogP) is 1.27. The lowest BCUT2D eigenvalue weighted by Gasteiger charge is -2.28. The predicted molar refractivity (Wildman–Crippen MR) is 96.7 cm³/mol. The molecule has 0 bridgehead atoms. The highest BCUT2D eigenvalue weighted by molar-refractivity contribution is 5.94. The van der Waals surface area contributed by atoms with Crippen LogP contribution in [0.3, 0.4) is 0 Å². The number of esters is 1. The number of hydrogen-bond acceptors (Lipinski definition) is 7. The Morgan fingerprint density at radius 1 is 1.38 bits per heavy atom. The van der Waals surface area contributed by atoms with E-state index in [1.54, 1.807) is 18.5 Å². The molecule has 3 heterocycles. The van der Waals surface area contributed by atoms with Crippen LogP contribution in [-0.2, 0) is 16.1 Å². The number of nitrogen functional groups attached to an aromatic ring is 1. The highest BCUT2D eigenvalue weighted by atomic mass is 16.5. The van der Waals surface area contributed by atoms with E-state index >= 15 is 0 Å². The zero-order valence-corrected chi connectivity index (χ0v) is 15.2. The highest BCUT2D eigenvalue weighted by Gasteiger charge is 2.37. The lowest BCUT2D eigenvalue weighted by Crippen LogP contribution is -2.31. The lowest BCUT2D eigenvalue weighted by molar-refractivity contribution is -0.138. The number of carbonyl (C=O) groups is 1. The number of fused-ring (bicyclic) bond motifs is 1. The second-order valence-electron chi connectivity index (χ2n) is 6.06. The fourth-order valence-electron chi connectivity index (χ4n) is 3.24. The summed E-state index contributed by atoms with van der Waals surface area (Å²) in [6.07, 6.45) is 1.84. The van der Waals surface area contributed by atoms with Gasteiger partial charge in [-0.1, -0.05) is 0 Å². The van der Waals surface area contributed by atoms with Crippen molar-refractivity contribution in [2.45, 2.75) is 40.2 Å². The third-order valence-electron chi connectivity index (χ3n) is 4.38. The van der Waals surface area contributed by atoms with Crippen LogP contribution in [0.5, 0.6) is 0 Å². The molecule has 2 aromatic heterocycles. The molecule has 138 valence electrons. The summed E-state index contributed by atoms with van der Waals surface area (Å²) in [6.45, 7) is 8.21. The Morgan fingerprint density at radius 2 is 2.12 bits per heavy atom. The zero-order valence-electron chi connectivity index (χ0n) is 15.2. The molecule has 9 nitrogen and oxygen atoms in total. The summed E-state index contributed by atoms with van der Waals surface area (Å²) in [5.74, 6) is -0.769. The van der Waals surface area contributed by atoms with E-state index in [1.165, 1.54) is 0 Å². The Hall–Kier alpha value is -3.10. The number of aryl methyl sites for hydroxylation is 2.